The molecule has 0 fully saturated rings. The van der Waals surface area contributed by atoms with Crippen molar-refractivity contribution in [2.45, 2.75) is 13.0 Å². The van der Waals surface area contributed by atoms with Gasteiger partial charge in [0.05, 0.1) is 18.0 Å². The number of nitrogens with two attached hydrogens (primary N) is 1. The molecule has 100 valence electrons. The van der Waals surface area contributed by atoms with E-state index >= 15 is 0 Å². The Hall–Kier alpha value is -1.82. The van der Waals surface area contributed by atoms with E-state index in [4.69, 9.17) is 10.5 Å². The summed E-state index contributed by atoms with van der Waals surface area (Å²) in [6.45, 7) is 2.55. The van der Waals surface area contributed by atoms with E-state index in [-0.39, 0.29) is 5.91 Å². The van der Waals surface area contributed by atoms with Crippen molar-refractivity contribution in [1.82, 2.24) is 5.32 Å². The number of nitrogen functional groups attached to an aromatic ring is 1. The zero-order valence-electron chi connectivity index (χ0n) is 10.5. The minimum absolute atomic E-state index is 0.198. The molecule has 0 saturated heterocycles. The zero-order chi connectivity index (χ0) is 13.5. The van der Waals surface area contributed by atoms with E-state index in [1.807, 2.05) is 0 Å². The van der Waals surface area contributed by atoms with Gasteiger partial charge >= 0.3 is 0 Å². The monoisotopic (exact) mass is 255 g/mol. The average Bonchev–Trinajstić information content (AvgIpc) is 2.34. The number of ether oxygens (including phenoxy) is 1. The van der Waals surface area contributed by atoms with Crippen LogP contribution in [0.4, 0.5) is 15.8 Å². The van der Waals surface area contributed by atoms with Crippen molar-refractivity contribution in [3.8, 4) is 0 Å². The quantitative estimate of drug-likeness (QED) is 0.523. The molecule has 1 amide bonds. The van der Waals surface area contributed by atoms with Crippen LogP contribution in [0.15, 0.2) is 18.2 Å². The molecule has 0 radical (unpaired) electrons. The van der Waals surface area contributed by atoms with Crippen LogP contribution in [0.3, 0.4) is 0 Å². The zero-order valence-corrected chi connectivity index (χ0v) is 10.5. The molecule has 1 aromatic rings. The van der Waals surface area contributed by atoms with Crippen molar-refractivity contribution < 1.29 is 13.9 Å². The number of carbonyl (C=O) groups excluding carboxylic acids is 1. The minimum Gasteiger partial charge on any atom is -0.397 e. The van der Waals surface area contributed by atoms with Gasteiger partial charge in [0.1, 0.15) is 11.9 Å². The van der Waals surface area contributed by atoms with Crippen LogP contribution in [0.2, 0.25) is 0 Å². The average molecular weight is 255 g/mol. The second kappa shape index (κ2) is 6.80. The Labute approximate surface area is 106 Å². The van der Waals surface area contributed by atoms with Gasteiger partial charge in [0.25, 0.3) is 0 Å². The highest BCUT2D eigenvalue weighted by Crippen LogP contribution is 2.19. The van der Waals surface area contributed by atoms with E-state index < -0.39 is 11.9 Å². The summed E-state index contributed by atoms with van der Waals surface area (Å²) >= 11 is 0. The number of carbonyl (C=O) groups is 1. The Morgan fingerprint density at radius 2 is 2.28 bits per heavy atom. The second-order valence-electron chi connectivity index (χ2n) is 3.88. The molecule has 0 aliphatic rings. The summed E-state index contributed by atoms with van der Waals surface area (Å²) in [5.74, 6) is -0.602. The molecule has 1 atom stereocenters. The molecule has 1 unspecified atom stereocenters. The van der Waals surface area contributed by atoms with Crippen molar-refractivity contribution in [2.24, 2.45) is 0 Å². The lowest BCUT2D eigenvalue weighted by Crippen LogP contribution is -2.39. The fourth-order valence-corrected chi connectivity index (χ4v) is 1.38. The van der Waals surface area contributed by atoms with Gasteiger partial charge in [0.2, 0.25) is 5.91 Å². The summed E-state index contributed by atoms with van der Waals surface area (Å²) in [5.41, 5.74) is 6.48. The number of rotatable bonds is 6. The third-order valence-electron chi connectivity index (χ3n) is 2.39. The summed E-state index contributed by atoms with van der Waals surface area (Å²) in [6.07, 6.45) is 0. The molecule has 0 heterocycles. The molecule has 18 heavy (non-hydrogen) atoms. The van der Waals surface area contributed by atoms with Crippen molar-refractivity contribution in [1.29, 1.82) is 0 Å². The maximum Gasteiger partial charge on any atom is 0.242 e. The number of methoxy groups -OCH3 is 1. The van der Waals surface area contributed by atoms with Crippen molar-refractivity contribution in [2.75, 3.05) is 31.3 Å². The van der Waals surface area contributed by atoms with Crippen LogP contribution in [0, 0.1) is 5.82 Å². The Morgan fingerprint density at radius 1 is 1.56 bits per heavy atom. The third kappa shape index (κ3) is 4.21. The number of hydrogen-bond acceptors (Lipinski definition) is 4. The first kappa shape index (κ1) is 14.2. The number of nitrogens with one attached hydrogen (secondary N) is 2. The molecular formula is C12H18FN3O2. The maximum absolute atomic E-state index is 13.0. The lowest BCUT2D eigenvalue weighted by molar-refractivity contribution is -0.121. The summed E-state index contributed by atoms with van der Waals surface area (Å²) in [4.78, 5) is 11.7. The molecule has 0 aromatic heterocycles. The fourth-order valence-electron chi connectivity index (χ4n) is 1.38. The van der Waals surface area contributed by atoms with Gasteiger partial charge in [-0.25, -0.2) is 4.39 Å². The van der Waals surface area contributed by atoms with Crippen LogP contribution in [0.25, 0.3) is 0 Å². The van der Waals surface area contributed by atoms with Crippen LogP contribution >= 0.6 is 0 Å². The summed E-state index contributed by atoms with van der Waals surface area (Å²) in [5, 5.41) is 5.54. The molecule has 4 N–H and O–H groups in total. The minimum atomic E-state index is -0.508. The standard InChI is InChI=1S/C12H18FN3O2/c1-8(12(17)15-5-6-18-2)16-11-7-9(13)3-4-10(11)14/h3-4,7-8,16H,5-6,14H2,1-2H3,(H,15,17). The van der Waals surface area contributed by atoms with Crippen molar-refractivity contribution >= 4 is 17.3 Å². The Kier molecular flexibility index (Phi) is 5.38. The molecule has 0 spiro atoms. The highest BCUT2D eigenvalue weighted by atomic mass is 19.1. The van der Waals surface area contributed by atoms with Crippen LogP contribution in [-0.2, 0) is 9.53 Å². The first-order valence-corrected chi connectivity index (χ1v) is 5.62. The van der Waals surface area contributed by atoms with Gasteiger partial charge in [-0.1, -0.05) is 0 Å². The smallest absolute Gasteiger partial charge is 0.242 e. The van der Waals surface area contributed by atoms with E-state index in [2.05, 4.69) is 10.6 Å². The van der Waals surface area contributed by atoms with Gasteiger partial charge < -0.3 is 21.1 Å². The molecule has 0 aliphatic heterocycles. The van der Waals surface area contributed by atoms with Gasteiger partial charge in [-0.2, -0.15) is 0 Å². The number of benzene rings is 1. The summed E-state index contributed by atoms with van der Waals surface area (Å²) in [7, 11) is 1.56. The predicted molar refractivity (Wildman–Crippen MR) is 68.8 cm³/mol. The van der Waals surface area contributed by atoms with E-state index in [1.165, 1.54) is 18.2 Å². The van der Waals surface area contributed by atoms with E-state index in [0.29, 0.717) is 24.5 Å². The Morgan fingerprint density at radius 3 is 2.94 bits per heavy atom. The van der Waals surface area contributed by atoms with Crippen LogP contribution in [0.1, 0.15) is 6.92 Å². The largest absolute Gasteiger partial charge is 0.397 e. The van der Waals surface area contributed by atoms with Gasteiger partial charge in [-0.3, -0.25) is 4.79 Å². The highest BCUT2D eigenvalue weighted by Gasteiger charge is 2.13. The lowest BCUT2D eigenvalue weighted by Gasteiger charge is -2.16. The predicted octanol–water partition coefficient (Wildman–Crippen LogP) is 0.971. The topological polar surface area (TPSA) is 76.4 Å². The second-order valence-corrected chi connectivity index (χ2v) is 3.88. The van der Waals surface area contributed by atoms with Gasteiger partial charge in [-0.05, 0) is 25.1 Å². The highest BCUT2D eigenvalue weighted by molar-refractivity contribution is 5.85. The molecule has 1 rings (SSSR count). The van der Waals surface area contributed by atoms with Gasteiger partial charge in [-0.15, -0.1) is 0 Å². The first-order chi connectivity index (χ1) is 8.54. The first-order valence-electron chi connectivity index (χ1n) is 5.62. The lowest BCUT2D eigenvalue weighted by atomic mass is 10.2. The fraction of sp³-hybridized carbons (Fsp3) is 0.417. The molecule has 0 bridgehead atoms. The number of halogens is 1. The van der Waals surface area contributed by atoms with Crippen LogP contribution < -0.4 is 16.4 Å². The van der Waals surface area contributed by atoms with E-state index in [9.17, 15) is 9.18 Å². The summed E-state index contributed by atoms with van der Waals surface area (Å²) < 4.78 is 17.9. The summed E-state index contributed by atoms with van der Waals surface area (Å²) in [6, 6.07) is 3.47. The van der Waals surface area contributed by atoms with Crippen LogP contribution in [0.5, 0.6) is 0 Å². The number of hydrogen-bond donors (Lipinski definition) is 3. The molecule has 0 saturated carbocycles. The van der Waals surface area contributed by atoms with Crippen LogP contribution in [-0.4, -0.2) is 32.2 Å². The molecule has 6 heteroatoms. The van der Waals surface area contributed by atoms with Gasteiger partial charge in [0.15, 0.2) is 0 Å². The normalized spacial score (nSPS) is 11.9. The van der Waals surface area contributed by atoms with E-state index in [0.717, 1.165) is 0 Å². The SMILES string of the molecule is COCCNC(=O)C(C)Nc1cc(F)ccc1N. The maximum atomic E-state index is 13.0. The molecular weight excluding hydrogens is 237 g/mol. The number of anilines is 2. The Bertz CT molecular complexity index is 412. The third-order valence-corrected chi connectivity index (χ3v) is 2.39. The number of amides is 1. The molecule has 5 nitrogen and oxygen atoms in total. The van der Waals surface area contributed by atoms with Crippen molar-refractivity contribution in [3.05, 3.63) is 24.0 Å². The molecule has 1 aromatic carbocycles. The van der Waals surface area contributed by atoms with Crippen molar-refractivity contribution in [3.63, 3.8) is 0 Å². The molecule has 0 aliphatic carbocycles. The van der Waals surface area contributed by atoms with E-state index in [1.54, 1.807) is 14.0 Å². The Balaban J connectivity index is 2.55. The van der Waals surface area contributed by atoms with Gasteiger partial charge in [0, 0.05) is 13.7 Å².